The zero-order chi connectivity index (χ0) is 17.5. The summed E-state index contributed by atoms with van der Waals surface area (Å²) in [6.45, 7) is 0.651. The first-order valence-corrected chi connectivity index (χ1v) is 8.31. The summed E-state index contributed by atoms with van der Waals surface area (Å²) in [5.74, 6) is 2.84. The highest BCUT2D eigenvalue weighted by atomic mass is 32.2. The van der Waals surface area contributed by atoms with E-state index in [1.54, 1.807) is 39.3 Å². The maximum atomic E-state index is 5.91. The van der Waals surface area contributed by atoms with Crippen LogP contribution in [-0.4, -0.2) is 43.7 Å². The highest BCUT2D eigenvalue weighted by Crippen LogP contribution is 2.39. The predicted octanol–water partition coefficient (Wildman–Crippen LogP) is 1.99. The van der Waals surface area contributed by atoms with Crippen LogP contribution in [0, 0.1) is 0 Å². The molecule has 0 radical (unpaired) electrons. The molecule has 0 spiro atoms. The molecule has 0 atom stereocenters. The Morgan fingerprint density at radius 1 is 1.08 bits per heavy atom. The van der Waals surface area contributed by atoms with Gasteiger partial charge in [0.1, 0.15) is 17.3 Å². The van der Waals surface area contributed by atoms with Gasteiger partial charge in [-0.3, -0.25) is 0 Å². The van der Waals surface area contributed by atoms with Crippen molar-refractivity contribution in [3.8, 4) is 11.5 Å². The minimum atomic E-state index is 0.163. The lowest BCUT2D eigenvalue weighted by Gasteiger charge is -2.15. The molecule has 2 rings (SSSR count). The second kappa shape index (κ2) is 8.60. The summed E-state index contributed by atoms with van der Waals surface area (Å²) in [5, 5.41) is 0. The Labute approximate surface area is 145 Å². The number of nitrogens with two attached hydrogens (primary N) is 2. The van der Waals surface area contributed by atoms with Gasteiger partial charge < -0.3 is 25.7 Å². The number of methoxy groups -OCH3 is 3. The lowest BCUT2D eigenvalue weighted by atomic mass is 10.1. The van der Waals surface area contributed by atoms with E-state index in [-0.39, 0.29) is 5.95 Å². The van der Waals surface area contributed by atoms with Gasteiger partial charge >= 0.3 is 0 Å². The molecule has 0 saturated heterocycles. The topological polar surface area (TPSA) is 106 Å². The molecule has 1 aromatic heterocycles. The molecular weight excluding hydrogens is 328 g/mol. The van der Waals surface area contributed by atoms with Gasteiger partial charge in [0.15, 0.2) is 0 Å². The molecule has 4 N–H and O–H groups in total. The SMILES string of the molecule is COCCSc1c(OC)cc(Cc2cnc(N)nc2N)cc1OC. The molecular formula is C16H22N4O3S. The second-order valence-corrected chi connectivity index (χ2v) is 6.09. The van der Waals surface area contributed by atoms with Crippen molar-refractivity contribution in [3.05, 3.63) is 29.5 Å². The van der Waals surface area contributed by atoms with E-state index >= 15 is 0 Å². The van der Waals surface area contributed by atoms with Crippen molar-refractivity contribution in [1.29, 1.82) is 0 Å². The Hall–Kier alpha value is -2.19. The number of anilines is 2. The van der Waals surface area contributed by atoms with Gasteiger partial charge in [-0.2, -0.15) is 4.98 Å². The van der Waals surface area contributed by atoms with Crippen LogP contribution in [-0.2, 0) is 11.2 Å². The highest BCUT2D eigenvalue weighted by molar-refractivity contribution is 7.99. The van der Waals surface area contributed by atoms with Crippen molar-refractivity contribution < 1.29 is 14.2 Å². The quantitative estimate of drug-likeness (QED) is 0.550. The van der Waals surface area contributed by atoms with Crippen molar-refractivity contribution in [2.45, 2.75) is 11.3 Å². The van der Waals surface area contributed by atoms with Crippen LogP contribution < -0.4 is 20.9 Å². The molecule has 0 amide bonds. The summed E-state index contributed by atoms with van der Waals surface area (Å²) in [6, 6.07) is 3.93. The van der Waals surface area contributed by atoms with Crippen molar-refractivity contribution in [2.24, 2.45) is 0 Å². The van der Waals surface area contributed by atoms with Crippen LogP contribution in [0.1, 0.15) is 11.1 Å². The zero-order valence-corrected chi connectivity index (χ0v) is 14.9. The fraction of sp³-hybridized carbons (Fsp3) is 0.375. The molecule has 2 aromatic rings. The smallest absolute Gasteiger partial charge is 0.221 e. The number of rotatable bonds is 8. The zero-order valence-electron chi connectivity index (χ0n) is 14.0. The molecule has 1 heterocycles. The van der Waals surface area contributed by atoms with E-state index < -0.39 is 0 Å². The van der Waals surface area contributed by atoms with Crippen LogP contribution in [0.15, 0.2) is 23.2 Å². The Bertz CT molecular complexity index is 672. The molecule has 1 aromatic carbocycles. The van der Waals surface area contributed by atoms with Crippen LogP contribution in [0.25, 0.3) is 0 Å². The summed E-state index contributed by atoms with van der Waals surface area (Å²) in [5.41, 5.74) is 13.2. The van der Waals surface area contributed by atoms with Gasteiger partial charge in [0.05, 0.1) is 25.7 Å². The fourth-order valence-electron chi connectivity index (χ4n) is 2.20. The van der Waals surface area contributed by atoms with Crippen LogP contribution in [0.2, 0.25) is 0 Å². The highest BCUT2D eigenvalue weighted by Gasteiger charge is 2.14. The molecule has 7 nitrogen and oxygen atoms in total. The fourth-order valence-corrected chi connectivity index (χ4v) is 3.22. The first-order valence-electron chi connectivity index (χ1n) is 7.32. The molecule has 0 saturated carbocycles. The maximum Gasteiger partial charge on any atom is 0.221 e. The van der Waals surface area contributed by atoms with Crippen LogP contribution in [0.4, 0.5) is 11.8 Å². The number of ether oxygens (including phenoxy) is 3. The normalized spacial score (nSPS) is 10.6. The van der Waals surface area contributed by atoms with Gasteiger partial charge in [-0.15, -0.1) is 11.8 Å². The van der Waals surface area contributed by atoms with Crippen molar-refractivity contribution >= 4 is 23.5 Å². The van der Waals surface area contributed by atoms with Crippen LogP contribution in [0.3, 0.4) is 0 Å². The third kappa shape index (κ3) is 4.42. The molecule has 0 aliphatic rings. The van der Waals surface area contributed by atoms with E-state index in [2.05, 4.69) is 9.97 Å². The minimum absolute atomic E-state index is 0.163. The van der Waals surface area contributed by atoms with E-state index in [0.717, 1.165) is 33.3 Å². The van der Waals surface area contributed by atoms with Crippen molar-refractivity contribution in [3.63, 3.8) is 0 Å². The van der Waals surface area contributed by atoms with E-state index in [9.17, 15) is 0 Å². The molecule has 130 valence electrons. The third-order valence-electron chi connectivity index (χ3n) is 3.37. The summed E-state index contributed by atoms with van der Waals surface area (Å²) in [7, 11) is 4.95. The first kappa shape index (κ1) is 18.2. The maximum absolute atomic E-state index is 5.91. The summed E-state index contributed by atoms with van der Waals surface area (Å²) in [4.78, 5) is 8.93. The largest absolute Gasteiger partial charge is 0.495 e. The average Bonchev–Trinajstić information content (AvgIpc) is 2.58. The number of hydrogen-bond acceptors (Lipinski definition) is 8. The predicted molar refractivity (Wildman–Crippen MR) is 95.8 cm³/mol. The molecule has 24 heavy (non-hydrogen) atoms. The number of nitrogen functional groups attached to an aromatic ring is 2. The summed E-state index contributed by atoms with van der Waals surface area (Å²) in [6.07, 6.45) is 2.19. The Morgan fingerprint density at radius 3 is 2.29 bits per heavy atom. The van der Waals surface area contributed by atoms with E-state index in [4.69, 9.17) is 25.7 Å². The number of nitrogens with zero attached hydrogens (tertiary/aromatic N) is 2. The first-order chi connectivity index (χ1) is 11.6. The number of thioether (sulfide) groups is 1. The van der Waals surface area contributed by atoms with Gasteiger partial charge in [0.2, 0.25) is 5.95 Å². The number of aromatic nitrogens is 2. The Morgan fingerprint density at radius 2 is 1.75 bits per heavy atom. The van der Waals surface area contributed by atoms with Crippen LogP contribution in [0.5, 0.6) is 11.5 Å². The molecule has 0 aliphatic heterocycles. The molecule has 0 fully saturated rings. The van der Waals surface area contributed by atoms with E-state index in [1.165, 1.54) is 0 Å². The number of hydrogen-bond donors (Lipinski definition) is 2. The average molecular weight is 350 g/mol. The molecule has 0 aliphatic carbocycles. The minimum Gasteiger partial charge on any atom is -0.495 e. The second-order valence-electron chi connectivity index (χ2n) is 4.99. The monoisotopic (exact) mass is 350 g/mol. The van der Waals surface area contributed by atoms with Gasteiger partial charge in [-0.05, 0) is 17.7 Å². The Balaban J connectivity index is 2.30. The summed E-state index contributed by atoms with van der Waals surface area (Å²) < 4.78 is 16.1. The lowest BCUT2D eigenvalue weighted by molar-refractivity contribution is 0.218. The molecule has 0 unspecified atom stereocenters. The number of benzene rings is 1. The summed E-state index contributed by atoms with van der Waals surface area (Å²) >= 11 is 1.63. The van der Waals surface area contributed by atoms with Crippen molar-refractivity contribution in [2.75, 3.05) is 45.2 Å². The van der Waals surface area contributed by atoms with E-state index in [0.29, 0.717) is 18.8 Å². The van der Waals surface area contributed by atoms with Gasteiger partial charge in [-0.25, -0.2) is 4.98 Å². The van der Waals surface area contributed by atoms with Gasteiger partial charge in [-0.1, -0.05) is 0 Å². The van der Waals surface area contributed by atoms with Crippen LogP contribution >= 0.6 is 11.8 Å². The van der Waals surface area contributed by atoms with Crippen molar-refractivity contribution in [1.82, 2.24) is 9.97 Å². The standard InChI is InChI=1S/C16H22N4O3S/c1-21-4-5-24-14-12(22-2)7-10(8-13(14)23-3)6-11-9-19-16(18)20-15(11)17/h7-9H,4-6H2,1-3H3,(H4,17,18,19,20). The van der Waals surface area contributed by atoms with Gasteiger partial charge in [0, 0.05) is 31.0 Å². The molecule has 0 bridgehead atoms. The van der Waals surface area contributed by atoms with Gasteiger partial charge in [0.25, 0.3) is 0 Å². The lowest BCUT2D eigenvalue weighted by Crippen LogP contribution is -2.04. The third-order valence-corrected chi connectivity index (χ3v) is 4.43. The van der Waals surface area contributed by atoms with E-state index in [1.807, 2.05) is 12.1 Å². The molecule has 8 heteroatoms. The Kier molecular flexibility index (Phi) is 6.51.